The Labute approximate surface area is 96.5 Å². The predicted octanol–water partition coefficient (Wildman–Crippen LogP) is -0.733. The Balaban J connectivity index is 1.98. The zero-order chi connectivity index (χ0) is 11.5. The predicted molar refractivity (Wildman–Crippen MR) is 61.0 cm³/mol. The highest BCUT2D eigenvalue weighted by atomic mass is 16.5. The molecule has 1 unspecified atom stereocenters. The first-order chi connectivity index (χ1) is 7.72. The number of carbonyl (C=O) groups excluding carboxylic acids is 1. The minimum atomic E-state index is -0.211. The van der Waals surface area contributed by atoms with Gasteiger partial charge < -0.3 is 20.3 Å². The van der Waals surface area contributed by atoms with Crippen LogP contribution in [-0.2, 0) is 9.53 Å². The first kappa shape index (κ1) is 11.8. The van der Waals surface area contributed by atoms with E-state index >= 15 is 0 Å². The van der Waals surface area contributed by atoms with Crippen LogP contribution in [0.1, 0.15) is 12.8 Å². The summed E-state index contributed by atoms with van der Waals surface area (Å²) in [5.74, 6) is 0.140. The third-order valence-corrected chi connectivity index (χ3v) is 3.45. The largest absolute Gasteiger partial charge is 0.368 e. The fourth-order valence-electron chi connectivity index (χ4n) is 2.46. The minimum Gasteiger partial charge on any atom is -0.368 e. The van der Waals surface area contributed by atoms with Gasteiger partial charge in [0.15, 0.2) is 0 Å². The van der Waals surface area contributed by atoms with Gasteiger partial charge in [0.2, 0.25) is 0 Å². The van der Waals surface area contributed by atoms with Crippen LogP contribution in [0.2, 0.25) is 0 Å². The average Bonchev–Trinajstić information content (AvgIpc) is 2.81. The van der Waals surface area contributed by atoms with Gasteiger partial charge in [-0.2, -0.15) is 0 Å². The number of piperazine rings is 1. The monoisotopic (exact) mass is 227 g/mol. The molecule has 92 valence electrons. The van der Waals surface area contributed by atoms with Crippen molar-refractivity contribution in [1.29, 1.82) is 0 Å². The van der Waals surface area contributed by atoms with Gasteiger partial charge in [-0.1, -0.05) is 0 Å². The third kappa shape index (κ3) is 2.36. The lowest BCUT2D eigenvalue weighted by atomic mass is 10.1. The summed E-state index contributed by atoms with van der Waals surface area (Å²) in [4.78, 5) is 16.3. The molecule has 0 aromatic heterocycles. The van der Waals surface area contributed by atoms with Crippen molar-refractivity contribution in [2.75, 3.05) is 39.8 Å². The third-order valence-electron chi connectivity index (χ3n) is 3.45. The molecule has 16 heavy (non-hydrogen) atoms. The summed E-state index contributed by atoms with van der Waals surface area (Å²) < 4.78 is 5.44. The van der Waals surface area contributed by atoms with E-state index in [2.05, 4.69) is 11.9 Å². The molecule has 1 amide bonds. The number of hydrogen-bond donors (Lipinski definition) is 1. The van der Waals surface area contributed by atoms with Crippen LogP contribution >= 0.6 is 0 Å². The molecule has 0 aromatic rings. The fourth-order valence-corrected chi connectivity index (χ4v) is 2.46. The van der Waals surface area contributed by atoms with Crippen molar-refractivity contribution >= 4 is 5.91 Å². The molecule has 5 nitrogen and oxygen atoms in total. The lowest BCUT2D eigenvalue weighted by Gasteiger charge is -2.40. The molecular weight excluding hydrogens is 206 g/mol. The standard InChI is InChI=1S/C11H21N3O2/c1-13-4-5-14(9(7-12)8-13)11(15)10-3-2-6-16-10/h9-10H,2-8,12H2,1H3/t9?,10-/m1/s1. The van der Waals surface area contributed by atoms with E-state index < -0.39 is 0 Å². The Bertz CT molecular complexity index is 254. The highest BCUT2D eigenvalue weighted by Gasteiger charge is 2.34. The molecule has 0 saturated carbocycles. The molecule has 2 aliphatic heterocycles. The fraction of sp³-hybridized carbons (Fsp3) is 0.909. The maximum atomic E-state index is 12.2. The maximum Gasteiger partial charge on any atom is 0.252 e. The number of nitrogens with two attached hydrogens (primary N) is 1. The SMILES string of the molecule is CN1CCN(C(=O)[C@H]2CCCO2)C(CN)C1. The summed E-state index contributed by atoms with van der Waals surface area (Å²) in [5, 5.41) is 0. The van der Waals surface area contributed by atoms with Crippen LogP contribution in [-0.4, -0.2) is 67.7 Å². The van der Waals surface area contributed by atoms with E-state index in [4.69, 9.17) is 10.5 Å². The van der Waals surface area contributed by atoms with Crippen molar-refractivity contribution in [3.05, 3.63) is 0 Å². The van der Waals surface area contributed by atoms with Gasteiger partial charge >= 0.3 is 0 Å². The Morgan fingerprint density at radius 2 is 2.31 bits per heavy atom. The zero-order valence-electron chi connectivity index (χ0n) is 9.89. The highest BCUT2D eigenvalue weighted by molar-refractivity contribution is 5.81. The van der Waals surface area contributed by atoms with Gasteiger partial charge in [0.1, 0.15) is 6.10 Å². The quantitative estimate of drug-likeness (QED) is 0.675. The van der Waals surface area contributed by atoms with Gasteiger partial charge in [-0.3, -0.25) is 4.79 Å². The van der Waals surface area contributed by atoms with E-state index in [-0.39, 0.29) is 18.1 Å². The van der Waals surface area contributed by atoms with Crippen LogP contribution in [0.5, 0.6) is 0 Å². The van der Waals surface area contributed by atoms with Crippen LogP contribution < -0.4 is 5.73 Å². The maximum absolute atomic E-state index is 12.2. The molecule has 2 saturated heterocycles. The molecule has 0 bridgehead atoms. The van der Waals surface area contributed by atoms with Gasteiger partial charge in [0.25, 0.3) is 5.91 Å². The molecule has 2 fully saturated rings. The van der Waals surface area contributed by atoms with Crippen LogP contribution in [0.15, 0.2) is 0 Å². The summed E-state index contributed by atoms with van der Waals surface area (Å²) in [7, 11) is 2.07. The smallest absolute Gasteiger partial charge is 0.252 e. The number of hydrogen-bond acceptors (Lipinski definition) is 4. The second-order valence-electron chi connectivity index (χ2n) is 4.69. The summed E-state index contributed by atoms with van der Waals surface area (Å²) in [6, 6.07) is 0.149. The summed E-state index contributed by atoms with van der Waals surface area (Å²) in [5.41, 5.74) is 5.73. The summed E-state index contributed by atoms with van der Waals surface area (Å²) >= 11 is 0. The first-order valence-electron chi connectivity index (χ1n) is 6.03. The Hall–Kier alpha value is -0.650. The lowest BCUT2D eigenvalue weighted by molar-refractivity contribution is -0.145. The van der Waals surface area contributed by atoms with E-state index in [1.54, 1.807) is 0 Å². The number of amides is 1. The van der Waals surface area contributed by atoms with Crippen molar-refractivity contribution in [2.45, 2.75) is 25.0 Å². The second-order valence-corrected chi connectivity index (χ2v) is 4.69. The normalized spacial score (nSPS) is 32.0. The van der Waals surface area contributed by atoms with Crippen molar-refractivity contribution in [1.82, 2.24) is 9.80 Å². The summed E-state index contributed by atoms with van der Waals surface area (Å²) in [6.07, 6.45) is 1.65. The van der Waals surface area contributed by atoms with Crippen molar-refractivity contribution in [3.8, 4) is 0 Å². The van der Waals surface area contributed by atoms with E-state index in [0.717, 1.165) is 39.1 Å². The van der Waals surface area contributed by atoms with E-state index in [1.807, 2.05) is 4.90 Å². The zero-order valence-corrected chi connectivity index (χ0v) is 9.89. The van der Waals surface area contributed by atoms with Gasteiger partial charge in [0, 0.05) is 32.8 Å². The average molecular weight is 227 g/mol. The van der Waals surface area contributed by atoms with Gasteiger partial charge in [-0.25, -0.2) is 0 Å². The topological polar surface area (TPSA) is 58.8 Å². The molecule has 5 heteroatoms. The number of ether oxygens (including phenoxy) is 1. The number of rotatable bonds is 2. The number of carbonyl (C=O) groups is 1. The Morgan fingerprint density at radius 1 is 1.50 bits per heavy atom. The molecule has 2 atom stereocenters. The molecule has 0 aliphatic carbocycles. The Kier molecular flexibility index (Phi) is 3.78. The molecule has 0 spiro atoms. The number of nitrogens with zero attached hydrogens (tertiary/aromatic N) is 2. The molecule has 2 N–H and O–H groups in total. The molecule has 2 aliphatic rings. The van der Waals surface area contributed by atoms with Gasteiger partial charge in [0.05, 0.1) is 6.04 Å². The minimum absolute atomic E-state index is 0.140. The lowest BCUT2D eigenvalue weighted by Crippen LogP contribution is -2.58. The highest BCUT2D eigenvalue weighted by Crippen LogP contribution is 2.17. The van der Waals surface area contributed by atoms with Crippen molar-refractivity contribution in [2.24, 2.45) is 5.73 Å². The Morgan fingerprint density at radius 3 is 2.94 bits per heavy atom. The van der Waals surface area contributed by atoms with E-state index in [1.165, 1.54) is 0 Å². The van der Waals surface area contributed by atoms with Gasteiger partial charge in [-0.15, -0.1) is 0 Å². The molecule has 2 rings (SSSR count). The van der Waals surface area contributed by atoms with Crippen LogP contribution in [0.4, 0.5) is 0 Å². The van der Waals surface area contributed by atoms with E-state index in [0.29, 0.717) is 6.54 Å². The molecule has 0 aromatic carbocycles. The van der Waals surface area contributed by atoms with Gasteiger partial charge in [-0.05, 0) is 19.9 Å². The molecule has 2 heterocycles. The van der Waals surface area contributed by atoms with Crippen LogP contribution in [0, 0.1) is 0 Å². The van der Waals surface area contributed by atoms with Crippen LogP contribution in [0.3, 0.4) is 0 Å². The van der Waals surface area contributed by atoms with Crippen molar-refractivity contribution in [3.63, 3.8) is 0 Å². The number of likely N-dealkylation sites (N-methyl/N-ethyl adjacent to an activating group) is 1. The molecular formula is C11H21N3O2. The van der Waals surface area contributed by atoms with Crippen molar-refractivity contribution < 1.29 is 9.53 Å². The molecule has 0 radical (unpaired) electrons. The summed E-state index contributed by atoms with van der Waals surface area (Å²) in [6.45, 7) is 3.82. The van der Waals surface area contributed by atoms with Crippen LogP contribution in [0.25, 0.3) is 0 Å². The second kappa shape index (κ2) is 5.12. The first-order valence-corrected chi connectivity index (χ1v) is 6.03. The van der Waals surface area contributed by atoms with E-state index in [9.17, 15) is 4.79 Å².